The van der Waals surface area contributed by atoms with Crippen LogP contribution >= 0.6 is 11.8 Å². The molecule has 0 radical (unpaired) electrons. The number of thioether (sulfide) groups is 1. The number of carbonyl (C=O) groups excluding carboxylic acids is 1. The molecule has 0 fully saturated rings. The number of primary amides is 1. The molecule has 2 aromatic heterocycles. The van der Waals surface area contributed by atoms with E-state index in [0.717, 1.165) is 27.3 Å². The van der Waals surface area contributed by atoms with E-state index < -0.39 is 11.6 Å². The van der Waals surface area contributed by atoms with Crippen LogP contribution in [0.3, 0.4) is 0 Å². The number of hydrogen-bond donors (Lipinski definition) is 2. The number of hydrogen-bond acceptors (Lipinski definition) is 8. The molecule has 0 spiro atoms. The first-order valence-electron chi connectivity index (χ1n) is 9.16. The van der Waals surface area contributed by atoms with Crippen molar-refractivity contribution in [3.63, 3.8) is 0 Å². The van der Waals surface area contributed by atoms with Gasteiger partial charge in [0.25, 0.3) is 0 Å². The lowest BCUT2D eigenvalue weighted by atomic mass is 10.2. The number of nitrogens with one attached hydrogen (secondary N) is 1. The van der Waals surface area contributed by atoms with Gasteiger partial charge in [0.2, 0.25) is 5.91 Å². The largest absolute Gasteiger partial charge is 0.494 e. The van der Waals surface area contributed by atoms with Crippen molar-refractivity contribution in [3.05, 3.63) is 47.9 Å². The van der Waals surface area contributed by atoms with Crippen molar-refractivity contribution >= 4 is 45.2 Å². The van der Waals surface area contributed by atoms with E-state index in [4.69, 9.17) is 23.6 Å². The minimum Gasteiger partial charge on any atom is -0.494 e. The number of benzene rings is 1. The second-order valence-corrected chi connectivity index (χ2v) is 8.06. The van der Waals surface area contributed by atoms with Gasteiger partial charge in [-0.25, -0.2) is 0 Å². The molecular weight excluding hydrogens is 440 g/mol. The molecule has 11 heteroatoms. The van der Waals surface area contributed by atoms with E-state index in [2.05, 4.69) is 15.0 Å². The lowest BCUT2D eigenvalue weighted by molar-refractivity contribution is -0.117. The van der Waals surface area contributed by atoms with Gasteiger partial charge in [-0.2, -0.15) is 8.42 Å². The van der Waals surface area contributed by atoms with Crippen molar-refractivity contribution < 1.29 is 22.7 Å². The molecule has 3 N–H and O–H groups in total. The number of aliphatic imine (C=N–C) groups is 1. The fourth-order valence-electron chi connectivity index (χ4n) is 3.07. The van der Waals surface area contributed by atoms with Gasteiger partial charge >= 0.3 is 11.6 Å². The third-order valence-corrected chi connectivity index (χ3v) is 5.60. The number of rotatable bonds is 6. The molecule has 1 aliphatic heterocycles. The van der Waals surface area contributed by atoms with Crippen LogP contribution in [-0.2, 0) is 16.4 Å². The number of nitrogens with zero attached hydrogens (tertiary/aromatic N) is 2. The SMILES string of the molecule is COc1cc(Oc2ccc(C)nc2)cc2cc(C3=NCC(CC(N)=O)S3)[nH]c12.O=S=O. The number of nitrogens with two attached hydrogens (primary N) is 1. The lowest BCUT2D eigenvalue weighted by Gasteiger charge is -2.08. The minimum absolute atomic E-state index is 0.0914. The maximum absolute atomic E-state index is 11.1. The van der Waals surface area contributed by atoms with Crippen LogP contribution in [0.2, 0.25) is 0 Å². The number of aromatic amines is 1. The Kier molecular flexibility index (Phi) is 7.42. The number of ether oxygens (including phenoxy) is 2. The molecule has 1 aromatic carbocycles. The summed E-state index contributed by atoms with van der Waals surface area (Å²) in [5, 5.41) is 1.91. The molecule has 0 saturated heterocycles. The summed E-state index contributed by atoms with van der Waals surface area (Å²) in [7, 11) is 1.62. The fraction of sp³-hybridized carbons (Fsp3) is 0.250. The molecule has 3 heterocycles. The number of aromatic nitrogens is 2. The van der Waals surface area contributed by atoms with Gasteiger partial charge in [0, 0.05) is 28.8 Å². The number of aryl methyl sites for hydroxylation is 1. The van der Waals surface area contributed by atoms with E-state index in [9.17, 15) is 4.79 Å². The average molecular weight is 461 g/mol. The van der Waals surface area contributed by atoms with Gasteiger partial charge < -0.3 is 20.2 Å². The summed E-state index contributed by atoms with van der Waals surface area (Å²) in [6, 6.07) is 9.57. The molecule has 0 aliphatic carbocycles. The Morgan fingerprint density at radius 1 is 1.29 bits per heavy atom. The molecule has 9 nitrogen and oxygen atoms in total. The van der Waals surface area contributed by atoms with E-state index in [-0.39, 0.29) is 11.2 Å². The van der Waals surface area contributed by atoms with Gasteiger partial charge in [0.15, 0.2) is 0 Å². The molecule has 4 rings (SSSR count). The highest BCUT2D eigenvalue weighted by atomic mass is 32.2. The summed E-state index contributed by atoms with van der Waals surface area (Å²) < 4.78 is 28.1. The standard InChI is InChI=1S/C20H20N4O3S.O2S/c1-11-3-4-13(9-22-11)27-14-5-12-6-16(24-19(12)17(7-14)26-2)20-23-10-15(28-20)8-18(21)25;1-3-2/h3-7,9,15,24H,8,10H2,1-2H3,(H2,21,25);. The summed E-state index contributed by atoms with van der Waals surface area (Å²) in [6.07, 6.45) is 2.02. The molecule has 162 valence electrons. The van der Waals surface area contributed by atoms with Gasteiger partial charge in [0.05, 0.1) is 31.1 Å². The Labute approximate surface area is 186 Å². The van der Waals surface area contributed by atoms with Crippen molar-refractivity contribution in [2.45, 2.75) is 18.6 Å². The van der Waals surface area contributed by atoms with Crippen molar-refractivity contribution in [1.29, 1.82) is 0 Å². The molecule has 1 aliphatic rings. The molecule has 0 bridgehead atoms. The zero-order chi connectivity index (χ0) is 22.4. The molecular formula is C20H20N4O5S2. The summed E-state index contributed by atoms with van der Waals surface area (Å²) >= 11 is 0.817. The second-order valence-electron chi connectivity index (χ2n) is 6.63. The molecule has 1 unspecified atom stereocenters. The highest BCUT2D eigenvalue weighted by molar-refractivity contribution is 8.15. The summed E-state index contributed by atoms with van der Waals surface area (Å²) in [5.41, 5.74) is 7.99. The number of fused-ring (bicyclic) bond motifs is 1. The van der Waals surface area contributed by atoms with Crippen LogP contribution in [0.5, 0.6) is 17.2 Å². The zero-order valence-corrected chi connectivity index (χ0v) is 18.4. The Morgan fingerprint density at radius 3 is 2.71 bits per heavy atom. The van der Waals surface area contributed by atoms with Crippen molar-refractivity contribution in [1.82, 2.24) is 9.97 Å². The number of methoxy groups -OCH3 is 1. The highest BCUT2D eigenvalue weighted by Crippen LogP contribution is 2.35. The van der Waals surface area contributed by atoms with Crippen molar-refractivity contribution in [3.8, 4) is 17.2 Å². The van der Waals surface area contributed by atoms with Gasteiger partial charge in [-0.3, -0.25) is 14.8 Å². The summed E-state index contributed by atoms with van der Waals surface area (Å²) in [4.78, 5) is 23.3. The Bertz CT molecular complexity index is 1150. The van der Waals surface area contributed by atoms with E-state index >= 15 is 0 Å². The van der Waals surface area contributed by atoms with Crippen LogP contribution in [0.15, 0.2) is 41.5 Å². The quantitative estimate of drug-likeness (QED) is 0.577. The third-order valence-electron chi connectivity index (χ3n) is 4.38. The second kappa shape index (κ2) is 10.2. The Morgan fingerprint density at radius 2 is 2.06 bits per heavy atom. The smallest absolute Gasteiger partial charge is 0.335 e. The third kappa shape index (κ3) is 5.70. The van der Waals surface area contributed by atoms with Gasteiger partial charge in [-0.15, -0.1) is 0 Å². The van der Waals surface area contributed by atoms with E-state index in [1.165, 1.54) is 0 Å². The van der Waals surface area contributed by atoms with Crippen LogP contribution in [0.4, 0.5) is 0 Å². The van der Waals surface area contributed by atoms with E-state index in [1.807, 2.05) is 37.3 Å². The first-order chi connectivity index (χ1) is 14.9. The molecule has 31 heavy (non-hydrogen) atoms. The average Bonchev–Trinajstić information content (AvgIpc) is 3.36. The molecule has 1 amide bonds. The van der Waals surface area contributed by atoms with Crippen LogP contribution in [0, 0.1) is 6.92 Å². The number of H-pyrrole nitrogens is 1. The van der Waals surface area contributed by atoms with Crippen LogP contribution in [0.25, 0.3) is 10.9 Å². The maximum atomic E-state index is 11.1. The Balaban J connectivity index is 0.000000858. The first-order valence-corrected chi connectivity index (χ1v) is 10.7. The molecule has 3 aromatic rings. The van der Waals surface area contributed by atoms with Gasteiger partial charge in [-0.1, -0.05) is 11.8 Å². The van der Waals surface area contributed by atoms with E-state index in [0.29, 0.717) is 30.2 Å². The monoisotopic (exact) mass is 460 g/mol. The topological polar surface area (TPSA) is 137 Å². The first kappa shape index (κ1) is 22.5. The predicted octanol–water partition coefficient (Wildman–Crippen LogP) is 2.74. The van der Waals surface area contributed by atoms with Crippen molar-refractivity contribution in [2.24, 2.45) is 10.7 Å². The zero-order valence-electron chi connectivity index (χ0n) is 16.8. The van der Waals surface area contributed by atoms with Gasteiger partial charge in [-0.05, 0) is 31.2 Å². The van der Waals surface area contributed by atoms with Crippen molar-refractivity contribution in [2.75, 3.05) is 13.7 Å². The number of carbonyl (C=O) groups is 1. The van der Waals surface area contributed by atoms with Crippen LogP contribution in [0.1, 0.15) is 17.8 Å². The van der Waals surface area contributed by atoms with E-state index in [1.54, 1.807) is 25.1 Å². The van der Waals surface area contributed by atoms with Crippen LogP contribution in [-0.4, -0.2) is 48.2 Å². The minimum atomic E-state index is -0.750. The predicted molar refractivity (Wildman–Crippen MR) is 119 cm³/mol. The maximum Gasteiger partial charge on any atom is 0.335 e. The summed E-state index contributed by atoms with van der Waals surface area (Å²) in [6.45, 7) is 2.52. The lowest BCUT2D eigenvalue weighted by Crippen LogP contribution is -2.18. The fourth-order valence-corrected chi connectivity index (χ4v) is 4.17. The highest BCUT2D eigenvalue weighted by Gasteiger charge is 2.24. The normalized spacial score (nSPS) is 15.0. The number of pyridine rings is 1. The van der Waals surface area contributed by atoms with Crippen LogP contribution < -0.4 is 15.2 Å². The summed E-state index contributed by atoms with van der Waals surface area (Å²) in [5.74, 6) is 1.69. The van der Waals surface area contributed by atoms with Gasteiger partial charge in [0.1, 0.15) is 22.3 Å². The number of amides is 1. The Hall–Kier alpha value is -3.18. The molecule has 1 atom stereocenters. The molecule has 0 saturated carbocycles.